The second kappa shape index (κ2) is 7.75. The lowest BCUT2D eigenvalue weighted by Crippen LogP contribution is -2.58. The van der Waals surface area contributed by atoms with E-state index in [0.717, 1.165) is 50.4 Å². The molecule has 1 amide bonds. The fourth-order valence-corrected chi connectivity index (χ4v) is 4.43. The molecule has 1 aromatic rings. The molecule has 128 valence electrons. The number of carbonyl (C=O) groups excluding carboxylic acids is 1. The summed E-state index contributed by atoms with van der Waals surface area (Å²) in [7, 11) is 1.84. The van der Waals surface area contributed by atoms with E-state index in [9.17, 15) is 9.90 Å². The Labute approximate surface area is 141 Å². The predicted molar refractivity (Wildman–Crippen MR) is 90.6 cm³/mol. The number of hydrogen-bond donors (Lipinski definition) is 1. The highest BCUT2D eigenvalue weighted by molar-refractivity contribution is 7.10. The zero-order valence-corrected chi connectivity index (χ0v) is 14.5. The SMILES string of the molecule is CN(C(=O)Cc1cccs1)[C@@H]1CCC[C@@H](N2CCOCC2)[C@@H]1O. The van der Waals surface area contributed by atoms with Crippen molar-refractivity contribution in [3.05, 3.63) is 22.4 Å². The summed E-state index contributed by atoms with van der Waals surface area (Å²) >= 11 is 1.61. The van der Waals surface area contributed by atoms with E-state index in [1.807, 2.05) is 24.6 Å². The van der Waals surface area contributed by atoms with Crippen LogP contribution in [0.5, 0.6) is 0 Å². The Morgan fingerprint density at radius 1 is 1.43 bits per heavy atom. The fourth-order valence-electron chi connectivity index (χ4n) is 3.74. The van der Waals surface area contributed by atoms with Gasteiger partial charge in [-0.25, -0.2) is 0 Å². The molecule has 0 radical (unpaired) electrons. The minimum Gasteiger partial charge on any atom is -0.389 e. The van der Waals surface area contributed by atoms with E-state index in [4.69, 9.17) is 4.74 Å². The molecule has 3 atom stereocenters. The van der Waals surface area contributed by atoms with Crippen LogP contribution < -0.4 is 0 Å². The van der Waals surface area contributed by atoms with E-state index in [0.29, 0.717) is 6.42 Å². The van der Waals surface area contributed by atoms with E-state index in [2.05, 4.69) is 4.90 Å². The minimum atomic E-state index is -0.473. The molecule has 0 unspecified atom stereocenters. The fraction of sp³-hybridized carbons (Fsp3) is 0.706. The highest BCUT2D eigenvalue weighted by atomic mass is 32.1. The summed E-state index contributed by atoms with van der Waals surface area (Å²) in [6.07, 6.45) is 2.90. The Kier molecular flexibility index (Phi) is 5.69. The van der Waals surface area contributed by atoms with Crippen molar-refractivity contribution < 1.29 is 14.6 Å². The number of aliphatic hydroxyl groups excluding tert-OH is 1. The number of thiophene rings is 1. The Bertz CT molecular complexity index is 502. The van der Waals surface area contributed by atoms with Crippen molar-refractivity contribution in [1.29, 1.82) is 0 Å². The molecule has 2 fully saturated rings. The van der Waals surface area contributed by atoms with Gasteiger partial charge in [0.25, 0.3) is 0 Å². The van der Waals surface area contributed by atoms with Crippen molar-refractivity contribution in [3.63, 3.8) is 0 Å². The maximum absolute atomic E-state index is 12.5. The summed E-state index contributed by atoms with van der Waals surface area (Å²) in [6.45, 7) is 3.23. The van der Waals surface area contributed by atoms with Crippen LogP contribution in [-0.4, -0.2) is 72.4 Å². The highest BCUT2D eigenvalue weighted by Gasteiger charge is 2.39. The number of aliphatic hydroxyl groups is 1. The van der Waals surface area contributed by atoms with Gasteiger partial charge in [-0.3, -0.25) is 9.69 Å². The summed E-state index contributed by atoms with van der Waals surface area (Å²) < 4.78 is 5.41. The standard InChI is InChI=1S/C17H26N2O3S/c1-18(16(20)12-13-4-3-11-23-13)14-5-2-6-15(17(14)21)19-7-9-22-10-8-19/h3-4,11,14-15,17,21H,2,5-10,12H2,1H3/t14-,15-,17-/m1/s1. The molecule has 5 nitrogen and oxygen atoms in total. The van der Waals surface area contributed by atoms with Crippen LogP contribution in [0.4, 0.5) is 0 Å². The van der Waals surface area contributed by atoms with Crippen LogP contribution in [0.15, 0.2) is 17.5 Å². The molecule has 1 saturated heterocycles. The van der Waals surface area contributed by atoms with Gasteiger partial charge >= 0.3 is 0 Å². The van der Waals surface area contributed by atoms with Crippen molar-refractivity contribution in [1.82, 2.24) is 9.80 Å². The normalized spacial score (nSPS) is 29.4. The van der Waals surface area contributed by atoms with Crippen molar-refractivity contribution >= 4 is 17.2 Å². The Balaban J connectivity index is 1.62. The number of hydrogen-bond acceptors (Lipinski definition) is 5. The third-order valence-electron chi connectivity index (χ3n) is 5.10. The van der Waals surface area contributed by atoms with E-state index in [1.54, 1.807) is 16.2 Å². The maximum atomic E-state index is 12.5. The number of rotatable bonds is 4. The van der Waals surface area contributed by atoms with Crippen LogP contribution >= 0.6 is 11.3 Å². The number of nitrogens with zero attached hydrogens (tertiary/aromatic N) is 2. The highest BCUT2D eigenvalue weighted by Crippen LogP contribution is 2.28. The molecule has 1 aromatic heterocycles. The number of amides is 1. The Morgan fingerprint density at radius 2 is 2.22 bits per heavy atom. The molecule has 1 N–H and O–H groups in total. The maximum Gasteiger partial charge on any atom is 0.227 e. The molecule has 2 heterocycles. The largest absolute Gasteiger partial charge is 0.389 e. The molecule has 2 aliphatic rings. The first-order valence-corrected chi connectivity index (χ1v) is 9.32. The van der Waals surface area contributed by atoms with Gasteiger partial charge in [-0.2, -0.15) is 0 Å². The first-order valence-electron chi connectivity index (χ1n) is 8.44. The molecule has 1 aliphatic carbocycles. The van der Waals surface area contributed by atoms with Crippen molar-refractivity contribution in [2.24, 2.45) is 0 Å². The average molecular weight is 338 g/mol. The van der Waals surface area contributed by atoms with Crippen LogP contribution in [0.3, 0.4) is 0 Å². The monoisotopic (exact) mass is 338 g/mol. The van der Waals surface area contributed by atoms with E-state index in [-0.39, 0.29) is 18.0 Å². The van der Waals surface area contributed by atoms with Crippen LogP contribution in [-0.2, 0) is 16.0 Å². The molecule has 1 aliphatic heterocycles. The second-order valence-electron chi connectivity index (χ2n) is 6.47. The molecule has 6 heteroatoms. The molecular formula is C17H26N2O3S. The Hall–Kier alpha value is -0.950. The molecule has 0 spiro atoms. The van der Waals surface area contributed by atoms with Gasteiger partial charge in [-0.1, -0.05) is 6.07 Å². The third-order valence-corrected chi connectivity index (χ3v) is 5.98. The van der Waals surface area contributed by atoms with Crippen LogP contribution in [0.1, 0.15) is 24.1 Å². The summed E-state index contributed by atoms with van der Waals surface area (Å²) in [6, 6.07) is 4.03. The number of ether oxygens (including phenoxy) is 1. The lowest BCUT2D eigenvalue weighted by Gasteiger charge is -2.45. The van der Waals surface area contributed by atoms with Crippen molar-refractivity contribution in [2.75, 3.05) is 33.4 Å². The molecule has 0 aromatic carbocycles. The molecule has 0 bridgehead atoms. The molecule has 3 rings (SSSR count). The summed E-state index contributed by atoms with van der Waals surface area (Å²) in [5, 5.41) is 12.8. The van der Waals surface area contributed by atoms with Crippen molar-refractivity contribution in [2.45, 2.75) is 43.9 Å². The minimum absolute atomic E-state index is 0.0796. The summed E-state index contributed by atoms with van der Waals surface area (Å²) in [5.41, 5.74) is 0. The van der Waals surface area contributed by atoms with Gasteiger partial charge in [-0.15, -0.1) is 11.3 Å². The predicted octanol–water partition coefficient (Wildman–Crippen LogP) is 1.36. The van der Waals surface area contributed by atoms with Gasteiger partial charge in [0.05, 0.1) is 31.8 Å². The zero-order valence-electron chi connectivity index (χ0n) is 13.7. The average Bonchev–Trinajstić information content (AvgIpc) is 3.08. The van der Waals surface area contributed by atoms with E-state index >= 15 is 0 Å². The van der Waals surface area contributed by atoms with E-state index in [1.165, 1.54) is 0 Å². The van der Waals surface area contributed by atoms with E-state index < -0.39 is 6.10 Å². The number of carbonyl (C=O) groups is 1. The van der Waals surface area contributed by atoms with Gasteiger partial charge in [0.1, 0.15) is 0 Å². The molecule has 23 heavy (non-hydrogen) atoms. The summed E-state index contributed by atoms with van der Waals surface area (Å²) in [5.74, 6) is 0.0964. The second-order valence-corrected chi connectivity index (χ2v) is 7.50. The first-order chi connectivity index (χ1) is 11.2. The third kappa shape index (κ3) is 3.94. The lowest BCUT2D eigenvalue weighted by atomic mass is 9.86. The number of likely N-dealkylation sites (N-methyl/N-ethyl adjacent to an activating group) is 1. The van der Waals surface area contributed by atoms with Crippen LogP contribution in [0, 0.1) is 0 Å². The Morgan fingerprint density at radius 3 is 2.91 bits per heavy atom. The van der Waals surface area contributed by atoms with Crippen LogP contribution in [0.25, 0.3) is 0 Å². The van der Waals surface area contributed by atoms with Crippen LogP contribution in [0.2, 0.25) is 0 Å². The van der Waals surface area contributed by atoms with Gasteiger partial charge in [0.15, 0.2) is 0 Å². The lowest BCUT2D eigenvalue weighted by molar-refractivity contribution is -0.137. The molecule has 1 saturated carbocycles. The van der Waals surface area contributed by atoms with Gasteiger partial charge < -0.3 is 14.7 Å². The quantitative estimate of drug-likeness (QED) is 0.901. The summed E-state index contributed by atoms with van der Waals surface area (Å²) in [4.78, 5) is 17.7. The van der Waals surface area contributed by atoms with Crippen molar-refractivity contribution in [3.8, 4) is 0 Å². The zero-order chi connectivity index (χ0) is 16.2. The smallest absolute Gasteiger partial charge is 0.227 e. The number of morpholine rings is 1. The first kappa shape index (κ1) is 16.9. The van der Waals surface area contributed by atoms with Gasteiger partial charge in [0.2, 0.25) is 5.91 Å². The van der Waals surface area contributed by atoms with Gasteiger partial charge in [0, 0.05) is 31.1 Å². The molecular weight excluding hydrogens is 312 g/mol. The van der Waals surface area contributed by atoms with Gasteiger partial charge in [-0.05, 0) is 30.7 Å². The topological polar surface area (TPSA) is 53.0 Å².